The Morgan fingerprint density at radius 2 is 1.79 bits per heavy atom. The highest BCUT2D eigenvalue weighted by molar-refractivity contribution is 6.31. The highest BCUT2D eigenvalue weighted by atomic mass is 35.5. The molecule has 0 radical (unpaired) electrons. The third kappa shape index (κ3) is 5.95. The fourth-order valence-electron chi connectivity index (χ4n) is 5.41. The van der Waals surface area contributed by atoms with Gasteiger partial charge in [0, 0.05) is 29.1 Å². The van der Waals surface area contributed by atoms with Gasteiger partial charge in [0.05, 0.1) is 18.9 Å². The van der Waals surface area contributed by atoms with Gasteiger partial charge < -0.3 is 14.1 Å². The summed E-state index contributed by atoms with van der Waals surface area (Å²) in [5, 5.41) is 14.5. The van der Waals surface area contributed by atoms with Crippen molar-refractivity contribution in [1.29, 1.82) is 0 Å². The molecule has 10 heteroatoms. The normalized spacial score (nSPS) is 12.2. The molecule has 0 amide bonds. The van der Waals surface area contributed by atoms with Crippen LogP contribution in [0.2, 0.25) is 5.02 Å². The lowest BCUT2D eigenvalue weighted by atomic mass is 9.98. The minimum Gasteiger partial charge on any atom is -0.497 e. The molecule has 0 spiro atoms. The molecule has 1 N–H and O–H groups in total. The lowest BCUT2D eigenvalue weighted by Crippen LogP contribution is -2.35. The van der Waals surface area contributed by atoms with Crippen molar-refractivity contribution in [1.82, 2.24) is 30.1 Å². The number of halogens is 1. The summed E-state index contributed by atoms with van der Waals surface area (Å²) >= 11 is 6.69. The van der Waals surface area contributed by atoms with E-state index in [9.17, 15) is 4.79 Å². The standard InChI is InChI=1S/C33H31ClN6O3/c1-21-10-11-22(2)30-27(21)17-28(33(41)35-30)31(32-36-37-38-40(32)20-26-8-6-16-43-26)39(19-24-7-4-5-9-29(24)34)18-23-12-14-25(42-3)15-13-23/h4-17,31H,18-20H2,1-3H3,(H,35,41). The largest absolute Gasteiger partial charge is 0.497 e. The molecular weight excluding hydrogens is 564 g/mol. The van der Waals surface area contributed by atoms with Crippen molar-refractivity contribution in [3.8, 4) is 5.75 Å². The number of methoxy groups -OCH3 is 1. The number of ether oxygens (including phenoxy) is 1. The molecular formula is C33H31ClN6O3. The fourth-order valence-corrected chi connectivity index (χ4v) is 5.61. The van der Waals surface area contributed by atoms with Gasteiger partial charge in [-0.05, 0) is 82.9 Å². The van der Waals surface area contributed by atoms with Gasteiger partial charge in [-0.2, -0.15) is 0 Å². The molecule has 3 heterocycles. The highest BCUT2D eigenvalue weighted by Crippen LogP contribution is 2.33. The van der Waals surface area contributed by atoms with E-state index in [-0.39, 0.29) is 5.56 Å². The number of nitrogens with one attached hydrogen (secondary N) is 1. The van der Waals surface area contributed by atoms with Gasteiger partial charge in [0.25, 0.3) is 5.56 Å². The molecule has 9 nitrogen and oxygen atoms in total. The molecule has 1 atom stereocenters. The van der Waals surface area contributed by atoms with E-state index in [1.54, 1.807) is 18.1 Å². The van der Waals surface area contributed by atoms with Gasteiger partial charge in [0.2, 0.25) is 0 Å². The van der Waals surface area contributed by atoms with Crippen LogP contribution in [0.25, 0.3) is 10.9 Å². The average molecular weight is 595 g/mol. The number of hydrogen-bond acceptors (Lipinski definition) is 7. The smallest absolute Gasteiger partial charge is 0.253 e. The maximum Gasteiger partial charge on any atom is 0.253 e. The van der Waals surface area contributed by atoms with Crippen LogP contribution in [0.15, 0.2) is 94.3 Å². The van der Waals surface area contributed by atoms with E-state index in [1.807, 2.05) is 86.6 Å². The van der Waals surface area contributed by atoms with Crippen LogP contribution >= 0.6 is 11.6 Å². The van der Waals surface area contributed by atoms with Crippen LogP contribution < -0.4 is 10.3 Å². The molecule has 3 aromatic carbocycles. The number of tetrazole rings is 1. The molecule has 1 unspecified atom stereocenters. The summed E-state index contributed by atoms with van der Waals surface area (Å²) in [4.78, 5) is 19.3. The molecule has 43 heavy (non-hydrogen) atoms. The number of aromatic amines is 1. The van der Waals surface area contributed by atoms with Crippen molar-refractivity contribution < 1.29 is 9.15 Å². The zero-order valence-electron chi connectivity index (χ0n) is 24.1. The second-order valence-electron chi connectivity index (χ2n) is 10.6. The Hall–Kier alpha value is -4.73. The molecule has 0 aliphatic carbocycles. The monoisotopic (exact) mass is 594 g/mol. The van der Waals surface area contributed by atoms with Gasteiger partial charge in [-0.3, -0.25) is 9.69 Å². The predicted molar refractivity (Wildman–Crippen MR) is 165 cm³/mol. The molecule has 0 aliphatic heterocycles. The van der Waals surface area contributed by atoms with E-state index in [0.717, 1.165) is 38.9 Å². The summed E-state index contributed by atoms with van der Waals surface area (Å²) in [6.45, 7) is 5.23. The van der Waals surface area contributed by atoms with Crippen LogP contribution in [0.3, 0.4) is 0 Å². The van der Waals surface area contributed by atoms with Crippen LogP contribution in [0.1, 0.15) is 45.4 Å². The maximum atomic E-state index is 14.0. The average Bonchev–Trinajstić information content (AvgIpc) is 3.70. The molecule has 0 saturated carbocycles. The first-order chi connectivity index (χ1) is 20.9. The zero-order valence-corrected chi connectivity index (χ0v) is 24.9. The number of pyridine rings is 1. The summed E-state index contributed by atoms with van der Waals surface area (Å²) < 4.78 is 12.7. The Balaban J connectivity index is 1.55. The van der Waals surface area contributed by atoms with Crippen LogP contribution in [-0.4, -0.2) is 37.2 Å². The zero-order chi connectivity index (χ0) is 29.9. The lowest BCUT2D eigenvalue weighted by Gasteiger charge is -2.31. The van der Waals surface area contributed by atoms with Crippen molar-refractivity contribution in [3.05, 3.63) is 140 Å². The number of hydrogen-bond donors (Lipinski definition) is 1. The van der Waals surface area contributed by atoms with Gasteiger partial charge in [-0.25, -0.2) is 4.68 Å². The third-order valence-corrected chi connectivity index (χ3v) is 8.07. The second-order valence-corrected chi connectivity index (χ2v) is 11.0. The van der Waals surface area contributed by atoms with Gasteiger partial charge in [-0.1, -0.05) is 54.1 Å². The van der Waals surface area contributed by atoms with Gasteiger partial charge in [0.15, 0.2) is 5.82 Å². The first-order valence-electron chi connectivity index (χ1n) is 13.9. The number of aromatic nitrogens is 5. The summed E-state index contributed by atoms with van der Waals surface area (Å²) in [6.07, 6.45) is 1.61. The van der Waals surface area contributed by atoms with Crippen molar-refractivity contribution in [2.75, 3.05) is 7.11 Å². The number of rotatable bonds is 10. The lowest BCUT2D eigenvalue weighted by molar-refractivity contribution is 0.193. The molecule has 6 rings (SSSR count). The first-order valence-corrected chi connectivity index (χ1v) is 14.3. The third-order valence-electron chi connectivity index (χ3n) is 7.70. The van der Waals surface area contributed by atoms with Crippen molar-refractivity contribution in [2.45, 2.75) is 39.5 Å². The van der Waals surface area contributed by atoms with Crippen molar-refractivity contribution >= 4 is 22.5 Å². The SMILES string of the molecule is COc1ccc(CN(Cc2ccccc2Cl)C(c2cc3c(C)ccc(C)c3[nH]c2=O)c2nnnn2Cc2ccco2)cc1. The van der Waals surface area contributed by atoms with Crippen molar-refractivity contribution in [3.63, 3.8) is 0 Å². The van der Waals surface area contributed by atoms with Gasteiger partial charge >= 0.3 is 0 Å². The topological polar surface area (TPSA) is 102 Å². The Morgan fingerprint density at radius 1 is 1.00 bits per heavy atom. The Labute approximate surface area is 253 Å². The second kappa shape index (κ2) is 12.2. The highest BCUT2D eigenvalue weighted by Gasteiger charge is 2.32. The Kier molecular flexibility index (Phi) is 8.09. The molecule has 3 aromatic heterocycles. The van der Waals surface area contributed by atoms with E-state index >= 15 is 0 Å². The fraction of sp³-hybridized carbons (Fsp3) is 0.212. The Bertz CT molecular complexity index is 1910. The predicted octanol–water partition coefficient (Wildman–Crippen LogP) is 6.23. The summed E-state index contributed by atoms with van der Waals surface area (Å²) in [5.74, 6) is 1.96. The van der Waals surface area contributed by atoms with E-state index in [2.05, 4.69) is 31.5 Å². The first kappa shape index (κ1) is 28.4. The van der Waals surface area contributed by atoms with Crippen LogP contribution in [0.4, 0.5) is 0 Å². The number of fused-ring (bicyclic) bond motifs is 1. The van der Waals surface area contributed by atoms with Gasteiger partial charge in [-0.15, -0.1) is 5.10 Å². The quantitative estimate of drug-likeness (QED) is 0.201. The van der Waals surface area contributed by atoms with Crippen LogP contribution in [0, 0.1) is 13.8 Å². The van der Waals surface area contributed by atoms with Crippen LogP contribution in [-0.2, 0) is 19.6 Å². The Morgan fingerprint density at radius 3 is 2.53 bits per heavy atom. The number of aryl methyl sites for hydroxylation is 2. The number of furan rings is 1. The van der Waals surface area contributed by atoms with E-state index in [1.165, 1.54) is 0 Å². The van der Waals surface area contributed by atoms with Crippen molar-refractivity contribution in [2.24, 2.45) is 0 Å². The van der Waals surface area contributed by atoms with Crippen LogP contribution in [0.5, 0.6) is 5.75 Å². The number of benzene rings is 3. The molecule has 0 saturated heterocycles. The number of H-pyrrole nitrogens is 1. The molecule has 218 valence electrons. The summed E-state index contributed by atoms with van der Waals surface area (Å²) in [5.41, 5.74) is 5.11. The molecule has 6 aromatic rings. The maximum absolute atomic E-state index is 14.0. The summed E-state index contributed by atoms with van der Waals surface area (Å²) in [7, 11) is 1.64. The summed E-state index contributed by atoms with van der Waals surface area (Å²) in [6, 6.07) is 24.7. The van der Waals surface area contributed by atoms with E-state index < -0.39 is 6.04 Å². The minimum absolute atomic E-state index is 0.211. The van der Waals surface area contributed by atoms with Gasteiger partial charge in [0.1, 0.15) is 24.1 Å². The van der Waals surface area contributed by atoms with E-state index in [4.69, 9.17) is 20.8 Å². The molecule has 0 aliphatic rings. The molecule has 0 bridgehead atoms. The molecule has 0 fully saturated rings. The number of nitrogens with zero attached hydrogens (tertiary/aromatic N) is 5. The van der Waals surface area contributed by atoms with E-state index in [0.29, 0.717) is 41.8 Å². The minimum atomic E-state index is -0.642.